The van der Waals surface area contributed by atoms with Gasteiger partial charge in [0.1, 0.15) is 6.10 Å². The molecule has 5 atom stereocenters. The molecule has 5 rings (SSSR count). The molecule has 4 heterocycles. The van der Waals surface area contributed by atoms with E-state index in [4.69, 9.17) is 4.74 Å². The number of hydrogen-bond acceptors (Lipinski definition) is 4. The average molecular weight is 350 g/mol. The van der Waals surface area contributed by atoms with Gasteiger partial charge in [0.15, 0.2) is 0 Å². The van der Waals surface area contributed by atoms with Gasteiger partial charge in [-0.05, 0) is 43.4 Å². The Bertz CT molecular complexity index is 813. The van der Waals surface area contributed by atoms with Crippen LogP contribution in [0.2, 0.25) is 0 Å². The summed E-state index contributed by atoms with van der Waals surface area (Å²) in [5.74, 6) is 1.05. The number of aromatic nitrogens is 1. The first-order valence-corrected chi connectivity index (χ1v) is 9.61. The number of pyridine rings is 1. The molecular formula is C22H26N2O2. The Morgan fingerprint density at radius 1 is 1.42 bits per heavy atom. The number of benzene rings is 1. The second kappa shape index (κ2) is 7.20. The minimum absolute atomic E-state index is 0.140. The van der Waals surface area contributed by atoms with Gasteiger partial charge in [0, 0.05) is 30.1 Å². The predicted octanol–water partition coefficient (Wildman–Crippen LogP) is 4.13. The Hall–Kier alpha value is -2.20. The number of fused-ring (bicyclic) bond motifs is 4. The zero-order valence-electron chi connectivity index (χ0n) is 15.3. The van der Waals surface area contributed by atoms with E-state index in [0.717, 1.165) is 36.0 Å². The molecule has 3 saturated heterocycles. The highest BCUT2D eigenvalue weighted by Gasteiger charge is 2.44. The second-order valence-corrected chi connectivity index (χ2v) is 7.43. The maximum atomic E-state index is 12.2. The van der Waals surface area contributed by atoms with Crippen LogP contribution >= 0.6 is 0 Å². The van der Waals surface area contributed by atoms with Gasteiger partial charge in [-0.25, -0.2) is 0 Å². The molecule has 2 aromatic rings. The first kappa shape index (κ1) is 17.2. The Labute approximate surface area is 154 Å². The van der Waals surface area contributed by atoms with Gasteiger partial charge in [-0.15, -0.1) is 6.58 Å². The minimum atomic E-state index is -0.246. The van der Waals surface area contributed by atoms with Crippen LogP contribution in [0.25, 0.3) is 10.9 Å². The third kappa shape index (κ3) is 3.03. The molecule has 3 aliphatic heterocycles. The van der Waals surface area contributed by atoms with Crippen molar-refractivity contribution in [2.45, 2.75) is 38.3 Å². The Morgan fingerprint density at radius 3 is 3.00 bits per heavy atom. The van der Waals surface area contributed by atoms with Crippen LogP contribution in [0.3, 0.4) is 0 Å². The molecule has 1 aromatic carbocycles. The molecule has 4 heteroatoms. The highest BCUT2D eigenvalue weighted by molar-refractivity contribution is 5.82. The second-order valence-electron chi connectivity index (χ2n) is 7.43. The number of nitrogens with zero attached hydrogens (tertiary/aromatic N) is 2. The van der Waals surface area contributed by atoms with Crippen molar-refractivity contribution in [1.82, 2.24) is 9.88 Å². The van der Waals surface area contributed by atoms with Gasteiger partial charge in [0.05, 0.1) is 11.6 Å². The summed E-state index contributed by atoms with van der Waals surface area (Å²) in [5, 5.41) is 1.08. The minimum Gasteiger partial charge on any atom is -0.456 e. The van der Waals surface area contributed by atoms with E-state index in [1.165, 1.54) is 6.42 Å². The largest absolute Gasteiger partial charge is 0.456 e. The van der Waals surface area contributed by atoms with E-state index < -0.39 is 0 Å². The highest BCUT2D eigenvalue weighted by atomic mass is 16.5. The zero-order valence-corrected chi connectivity index (χ0v) is 15.3. The first-order chi connectivity index (χ1) is 12.7. The van der Waals surface area contributed by atoms with Crippen molar-refractivity contribution in [2.75, 3.05) is 13.1 Å². The van der Waals surface area contributed by atoms with Crippen molar-refractivity contribution in [1.29, 1.82) is 0 Å². The SMILES string of the molecule is C=C[C@H]1CN2CC[C@H]1C[C@@H]2[C@@H](OC(=O)CC)c1ccnc2ccccc12. The molecule has 4 nitrogen and oxygen atoms in total. The molecule has 0 saturated carbocycles. The molecule has 26 heavy (non-hydrogen) atoms. The summed E-state index contributed by atoms with van der Waals surface area (Å²) in [5.41, 5.74) is 2.02. The summed E-state index contributed by atoms with van der Waals surface area (Å²) in [6.07, 6.45) is 6.33. The topological polar surface area (TPSA) is 42.4 Å². The summed E-state index contributed by atoms with van der Waals surface area (Å²) in [4.78, 5) is 19.2. The van der Waals surface area contributed by atoms with Gasteiger partial charge in [-0.2, -0.15) is 0 Å². The van der Waals surface area contributed by atoms with Crippen LogP contribution in [-0.2, 0) is 9.53 Å². The Balaban J connectivity index is 1.73. The van der Waals surface area contributed by atoms with Gasteiger partial charge in [0.2, 0.25) is 0 Å². The standard InChI is InChI=1S/C22H26N2O2/c1-3-15-14-24-12-10-16(15)13-20(24)22(26-21(25)4-2)18-9-11-23-19-8-6-5-7-17(18)19/h3,5-9,11,15-16,20,22H,1,4,10,12-14H2,2H3/t15-,16-,20+,22-/m0/s1. The number of carbonyl (C=O) groups is 1. The zero-order chi connectivity index (χ0) is 18.1. The molecule has 0 radical (unpaired) electrons. The van der Waals surface area contributed by atoms with E-state index in [9.17, 15) is 4.79 Å². The number of para-hydroxylation sites is 1. The number of piperidine rings is 3. The van der Waals surface area contributed by atoms with Crippen LogP contribution in [0.4, 0.5) is 0 Å². The number of esters is 1. The van der Waals surface area contributed by atoms with Gasteiger partial charge < -0.3 is 4.74 Å². The van der Waals surface area contributed by atoms with Gasteiger partial charge in [-0.1, -0.05) is 31.2 Å². The molecule has 136 valence electrons. The van der Waals surface area contributed by atoms with Gasteiger partial charge in [0.25, 0.3) is 0 Å². The van der Waals surface area contributed by atoms with Crippen molar-refractivity contribution in [2.24, 2.45) is 11.8 Å². The molecule has 1 unspecified atom stereocenters. The molecule has 0 spiro atoms. The van der Waals surface area contributed by atoms with Crippen LogP contribution in [0.5, 0.6) is 0 Å². The lowest BCUT2D eigenvalue weighted by molar-refractivity contribution is -0.156. The number of carbonyl (C=O) groups excluding carboxylic acids is 1. The number of rotatable bonds is 5. The monoisotopic (exact) mass is 350 g/mol. The van der Waals surface area contributed by atoms with E-state index in [1.54, 1.807) is 0 Å². The molecule has 0 N–H and O–H groups in total. The molecule has 3 fully saturated rings. The summed E-state index contributed by atoms with van der Waals surface area (Å²) >= 11 is 0. The number of ether oxygens (including phenoxy) is 1. The average Bonchev–Trinajstić information content (AvgIpc) is 2.71. The van der Waals surface area contributed by atoms with Crippen LogP contribution < -0.4 is 0 Å². The summed E-state index contributed by atoms with van der Waals surface area (Å²) in [6, 6.07) is 10.3. The Kier molecular flexibility index (Phi) is 4.77. The van der Waals surface area contributed by atoms with E-state index in [2.05, 4.69) is 28.6 Å². The van der Waals surface area contributed by atoms with Crippen molar-refractivity contribution < 1.29 is 9.53 Å². The number of hydrogen-bond donors (Lipinski definition) is 0. The van der Waals surface area contributed by atoms with Crippen molar-refractivity contribution in [3.8, 4) is 0 Å². The fourth-order valence-corrected chi connectivity index (χ4v) is 4.63. The fraction of sp³-hybridized carbons (Fsp3) is 0.455. The third-order valence-corrected chi connectivity index (χ3v) is 6.04. The predicted molar refractivity (Wildman–Crippen MR) is 103 cm³/mol. The lowest BCUT2D eigenvalue weighted by Gasteiger charge is -2.51. The summed E-state index contributed by atoms with van der Waals surface area (Å²) in [7, 11) is 0. The normalized spacial score (nSPS) is 28.7. The van der Waals surface area contributed by atoms with Crippen molar-refractivity contribution in [3.63, 3.8) is 0 Å². The highest BCUT2D eigenvalue weighted by Crippen LogP contribution is 2.43. The maximum Gasteiger partial charge on any atom is 0.306 e. The molecule has 2 bridgehead atoms. The lowest BCUT2D eigenvalue weighted by atomic mass is 9.73. The summed E-state index contributed by atoms with van der Waals surface area (Å²) < 4.78 is 6.02. The van der Waals surface area contributed by atoms with Crippen LogP contribution in [0.15, 0.2) is 49.2 Å². The fourth-order valence-electron chi connectivity index (χ4n) is 4.63. The smallest absolute Gasteiger partial charge is 0.306 e. The molecule has 3 aliphatic rings. The van der Waals surface area contributed by atoms with Crippen molar-refractivity contribution in [3.05, 3.63) is 54.7 Å². The molecular weight excluding hydrogens is 324 g/mol. The van der Waals surface area contributed by atoms with E-state index in [-0.39, 0.29) is 18.1 Å². The van der Waals surface area contributed by atoms with E-state index in [0.29, 0.717) is 18.3 Å². The summed E-state index contributed by atoms with van der Waals surface area (Å²) in [6.45, 7) is 7.95. The van der Waals surface area contributed by atoms with Crippen LogP contribution in [0, 0.1) is 11.8 Å². The lowest BCUT2D eigenvalue weighted by Crippen LogP contribution is -2.55. The van der Waals surface area contributed by atoms with Crippen LogP contribution in [-0.4, -0.2) is 35.0 Å². The van der Waals surface area contributed by atoms with E-state index >= 15 is 0 Å². The van der Waals surface area contributed by atoms with Crippen molar-refractivity contribution >= 4 is 16.9 Å². The first-order valence-electron chi connectivity index (χ1n) is 9.61. The third-order valence-electron chi connectivity index (χ3n) is 6.04. The molecule has 0 amide bonds. The van der Waals surface area contributed by atoms with E-state index in [1.807, 2.05) is 37.4 Å². The van der Waals surface area contributed by atoms with Gasteiger partial charge in [-0.3, -0.25) is 14.7 Å². The molecule has 1 aromatic heterocycles. The van der Waals surface area contributed by atoms with Crippen LogP contribution in [0.1, 0.15) is 37.9 Å². The molecule has 0 aliphatic carbocycles. The maximum absolute atomic E-state index is 12.2. The quantitative estimate of drug-likeness (QED) is 0.601. The van der Waals surface area contributed by atoms with Gasteiger partial charge >= 0.3 is 5.97 Å². The Morgan fingerprint density at radius 2 is 2.27 bits per heavy atom.